The number of sulfonamides is 1. The number of aliphatic hydroxyl groups excluding tert-OH is 1. The van der Waals surface area contributed by atoms with Gasteiger partial charge in [0, 0.05) is 32.1 Å². The molecule has 1 aromatic carbocycles. The van der Waals surface area contributed by atoms with Gasteiger partial charge in [0.2, 0.25) is 15.9 Å². The Hall–Kier alpha value is -1.19. The van der Waals surface area contributed by atoms with Crippen molar-refractivity contribution in [1.82, 2.24) is 14.9 Å². The van der Waals surface area contributed by atoms with Crippen molar-refractivity contribution in [3.63, 3.8) is 0 Å². The van der Waals surface area contributed by atoms with E-state index >= 15 is 0 Å². The molecule has 2 aliphatic heterocycles. The molecule has 7 nitrogen and oxygen atoms in total. The van der Waals surface area contributed by atoms with Gasteiger partial charge in [-0.2, -0.15) is 4.31 Å². The molecule has 0 spiro atoms. The standard InChI is InChI=1S/C17H25N3O4S.ClH/c1-12-4-6-14(7-5-12)25(23,24)20-8-2-3-15(20)17(22)19-10-13-9-18-11-16(13)21;/h4-7,13,15-16,18,21H,2-3,8-11H2,1H3,(H,19,22);1H. The number of carbonyl (C=O) groups is 1. The maximum atomic E-state index is 12.9. The normalized spacial score (nSPS) is 26.5. The topological polar surface area (TPSA) is 98.7 Å². The first-order chi connectivity index (χ1) is 11.9. The predicted molar refractivity (Wildman–Crippen MR) is 101 cm³/mol. The Balaban J connectivity index is 0.00000243. The third kappa shape index (κ3) is 4.37. The number of benzene rings is 1. The second kappa shape index (κ2) is 8.67. The average Bonchev–Trinajstić information content (AvgIpc) is 3.22. The molecule has 1 aromatic rings. The van der Waals surface area contributed by atoms with Gasteiger partial charge in [-0.1, -0.05) is 17.7 Å². The quantitative estimate of drug-likeness (QED) is 0.655. The van der Waals surface area contributed by atoms with Gasteiger partial charge in [-0.05, 0) is 31.9 Å². The molecule has 2 aliphatic rings. The molecule has 26 heavy (non-hydrogen) atoms. The number of β-amino-alcohol motifs (C(OH)–C–C–N with tert-alkyl or cyclic N) is 1. The number of nitrogens with one attached hydrogen (secondary N) is 2. The highest BCUT2D eigenvalue weighted by molar-refractivity contribution is 7.89. The van der Waals surface area contributed by atoms with Crippen molar-refractivity contribution >= 4 is 28.3 Å². The fourth-order valence-corrected chi connectivity index (χ4v) is 5.07. The first-order valence-corrected chi connectivity index (χ1v) is 10.1. The second-order valence-electron chi connectivity index (χ2n) is 6.82. The molecular formula is C17H26ClN3O4S. The summed E-state index contributed by atoms with van der Waals surface area (Å²) < 4.78 is 27.0. The summed E-state index contributed by atoms with van der Waals surface area (Å²) in [4.78, 5) is 12.7. The number of aliphatic hydroxyl groups is 1. The molecule has 2 heterocycles. The summed E-state index contributed by atoms with van der Waals surface area (Å²) >= 11 is 0. The van der Waals surface area contributed by atoms with Gasteiger partial charge in [-0.15, -0.1) is 12.4 Å². The van der Waals surface area contributed by atoms with E-state index in [1.165, 1.54) is 4.31 Å². The molecule has 1 amide bonds. The summed E-state index contributed by atoms with van der Waals surface area (Å²) in [6.07, 6.45) is 0.704. The summed E-state index contributed by atoms with van der Waals surface area (Å²) in [6.45, 7) is 3.77. The zero-order chi connectivity index (χ0) is 18.0. The Morgan fingerprint density at radius 2 is 2.00 bits per heavy atom. The first-order valence-electron chi connectivity index (χ1n) is 8.64. The smallest absolute Gasteiger partial charge is 0.243 e. The van der Waals surface area contributed by atoms with Crippen molar-refractivity contribution in [3.05, 3.63) is 29.8 Å². The van der Waals surface area contributed by atoms with Crippen LogP contribution in [0.3, 0.4) is 0 Å². The van der Waals surface area contributed by atoms with Crippen LogP contribution >= 0.6 is 12.4 Å². The van der Waals surface area contributed by atoms with Crippen LogP contribution < -0.4 is 10.6 Å². The molecule has 0 radical (unpaired) electrons. The molecular weight excluding hydrogens is 378 g/mol. The van der Waals surface area contributed by atoms with Gasteiger partial charge in [0.15, 0.2) is 0 Å². The van der Waals surface area contributed by atoms with Crippen LogP contribution in [0.15, 0.2) is 29.2 Å². The molecule has 0 aromatic heterocycles. The molecule has 0 aliphatic carbocycles. The van der Waals surface area contributed by atoms with Crippen LogP contribution in [0, 0.1) is 12.8 Å². The molecule has 3 unspecified atom stereocenters. The molecule has 0 bridgehead atoms. The Labute approximate surface area is 160 Å². The van der Waals surface area contributed by atoms with Crippen molar-refractivity contribution in [2.24, 2.45) is 5.92 Å². The summed E-state index contributed by atoms with van der Waals surface area (Å²) in [6, 6.07) is 5.99. The third-order valence-electron chi connectivity index (χ3n) is 4.98. The van der Waals surface area contributed by atoms with E-state index in [0.29, 0.717) is 39.0 Å². The maximum absolute atomic E-state index is 12.9. The highest BCUT2D eigenvalue weighted by Gasteiger charge is 2.39. The molecule has 3 atom stereocenters. The van der Waals surface area contributed by atoms with Crippen molar-refractivity contribution in [2.75, 3.05) is 26.2 Å². The summed E-state index contributed by atoms with van der Waals surface area (Å²) in [5, 5.41) is 15.7. The SMILES string of the molecule is Cc1ccc(S(=O)(=O)N2CCCC2C(=O)NCC2CNCC2O)cc1.Cl. The second-order valence-corrected chi connectivity index (χ2v) is 8.71. The van der Waals surface area contributed by atoms with Gasteiger partial charge < -0.3 is 15.7 Å². The van der Waals surface area contributed by atoms with Gasteiger partial charge in [-0.25, -0.2) is 8.42 Å². The van der Waals surface area contributed by atoms with E-state index in [1.807, 2.05) is 6.92 Å². The van der Waals surface area contributed by atoms with Crippen LogP contribution in [0.4, 0.5) is 0 Å². The van der Waals surface area contributed by atoms with Crippen molar-refractivity contribution in [2.45, 2.75) is 36.8 Å². The summed E-state index contributed by atoms with van der Waals surface area (Å²) in [7, 11) is -3.69. The summed E-state index contributed by atoms with van der Waals surface area (Å²) in [5.41, 5.74) is 0.985. The van der Waals surface area contributed by atoms with Gasteiger partial charge in [0.25, 0.3) is 0 Å². The van der Waals surface area contributed by atoms with Gasteiger partial charge in [0.1, 0.15) is 6.04 Å². The zero-order valence-corrected chi connectivity index (χ0v) is 16.4. The van der Waals surface area contributed by atoms with E-state index < -0.39 is 22.2 Å². The Morgan fingerprint density at radius 1 is 1.31 bits per heavy atom. The number of aryl methyl sites for hydroxylation is 1. The minimum atomic E-state index is -3.69. The lowest BCUT2D eigenvalue weighted by molar-refractivity contribution is -0.124. The largest absolute Gasteiger partial charge is 0.391 e. The minimum absolute atomic E-state index is 0. The molecule has 0 saturated carbocycles. The van der Waals surface area contributed by atoms with Crippen LogP contribution in [0.25, 0.3) is 0 Å². The van der Waals surface area contributed by atoms with Crippen molar-refractivity contribution in [1.29, 1.82) is 0 Å². The molecule has 3 N–H and O–H groups in total. The Bertz CT molecular complexity index is 726. The van der Waals surface area contributed by atoms with E-state index in [2.05, 4.69) is 10.6 Å². The Morgan fingerprint density at radius 3 is 2.62 bits per heavy atom. The van der Waals surface area contributed by atoms with Crippen molar-refractivity contribution in [3.8, 4) is 0 Å². The maximum Gasteiger partial charge on any atom is 0.243 e. The highest BCUT2D eigenvalue weighted by atomic mass is 35.5. The number of rotatable bonds is 5. The molecule has 9 heteroatoms. The third-order valence-corrected chi connectivity index (χ3v) is 6.90. The first kappa shape index (κ1) is 21.1. The van der Waals surface area contributed by atoms with E-state index in [1.54, 1.807) is 24.3 Å². The number of nitrogens with zero attached hydrogens (tertiary/aromatic N) is 1. The average molecular weight is 404 g/mol. The van der Waals surface area contributed by atoms with E-state index in [9.17, 15) is 18.3 Å². The number of halogens is 1. The highest BCUT2D eigenvalue weighted by Crippen LogP contribution is 2.26. The monoisotopic (exact) mass is 403 g/mol. The van der Waals surface area contributed by atoms with E-state index in [-0.39, 0.29) is 29.1 Å². The number of amides is 1. The van der Waals surface area contributed by atoms with Crippen molar-refractivity contribution < 1.29 is 18.3 Å². The van der Waals surface area contributed by atoms with Crippen LogP contribution in [0.2, 0.25) is 0 Å². The molecule has 2 saturated heterocycles. The lowest BCUT2D eigenvalue weighted by atomic mass is 10.1. The van der Waals surface area contributed by atoms with Gasteiger partial charge >= 0.3 is 0 Å². The number of carbonyl (C=O) groups excluding carboxylic acids is 1. The van der Waals surface area contributed by atoms with Crippen LogP contribution in [0.1, 0.15) is 18.4 Å². The lowest BCUT2D eigenvalue weighted by Gasteiger charge is -2.24. The fourth-order valence-electron chi connectivity index (χ4n) is 3.41. The molecule has 2 fully saturated rings. The van der Waals surface area contributed by atoms with Gasteiger partial charge in [-0.3, -0.25) is 4.79 Å². The van der Waals surface area contributed by atoms with Crippen LogP contribution in [-0.2, 0) is 14.8 Å². The molecule has 146 valence electrons. The minimum Gasteiger partial charge on any atom is -0.391 e. The van der Waals surface area contributed by atoms with Gasteiger partial charge in [0.05, 0.1) is 11.0 Å². The molecule has 3 rings (SSSR count). The summed E-state index contributed by atoms with van der Waals surface area (Å²) in [5.74, 6) is -0.320. The van der Waals surface area contributed by atoms with E-state index in [0.717, 1.165) is 5.56 Å². The Kier molecular flexibility index (Phi) is 7.04. The van der Waals surface area contributed by atoms with Crippen LogP contribution in [-0.4, -0.2) is 62.1 Å². The fraction of sp³-hybridized carbons (Fsp3) is 0.588. The lowest BCUT2D eigenvalue weighted by Crippen LogP contribution is -2.47. The number of hydrogen-bond acceptors (Lipinski definition) is 5. The van der Waals surface area contributed by atoms with Crippen LogP contribution in [0.5, 0.6) is 0 Å². The zero-order valence-electron chi connectivity index (χ0n) is 14.7. The number of hydrogen-bond donors (Lipinski definition) is 3. The van der Waals surface area contributed by atoms with E-state index in [4.69, 9.17) is 0 Å². The predicted octanol–water partition coefficient (Wildman–Crippen LogP) is 0.266.